The molecule has 0 fully saturated rings. The summed E-state index contributed by atoms with van der Waals surface area (Å²) >= 11 is 0. The highest BCUT2D eigenvalue weighted by molar-refractivity contribution is 7.93. The Morgan fingerprint density at radius 1 is 0.667 bits per heavy atom. The Morgan fingerprint density at radius 3 is 1.63 bits per heavy atom. The van der Waals surface area contributed by atoms with Gasteiger partial charge in [0.05, 0.1) is 65.3 Å². The van der Waals surface area contributed by atoms with Gasteiger partial charge in [0, 0.05) is 12.1 Å². The molecule has 0 aliphatic heterocycles. The summed E-state index contributed by atoms with van der Waals surface area (Å²) in [6.45, 7) is -0.0705. The number of carbonyl (C=O) groups is 3. The van der Waals surface area contributed by atoms with Crippen LogP contribution >= 0.6 is 0 Å². The molecule has 294 valence electrons. The minimum absolute atomic E-state index is 0.0531. The summed E-state index contributed by atoms with van der Waals surface area (Å²) in [5, 5.41) is 30.0. The Balaban J connectivity index is 1.03. The molecule has 57 heavy (non-hydrogen) atoms. The summed E-state index contributed by atoms with van der Waals surface area (Å²) in [5.41, 5.74) is -0.626. The number of carboxylic acids is 2. The second kappa shape index (κ2) is 16.3. The maximum Gasteiger partial charge on any atom is 0.337 e. The van der Waals surface area contributed by atoms with Gasteiger partial charge in [-0.05, 0) is 91.3 Å². The number of aromatic carboxylic acids is 2. The first kappa shape index (κ1) is 39.6. The number of benzene rings is 4. The van der Waals surface area contributed by atoms with Gasteiger partial charge in [-0.3, -0.25) is 14.2 Å². The first-order valence-electron chi connectivity index (χ1n) is 16.4. The zero-order valence-electron chi connectivity index (χ0n) is 29.0. The highest BCUT2D eigenvalue weighted by Gasteiger charge is 2.23. The van der Waals surface area contributed by atoms with Crippen LogP contribution in [0.1, 0.15) is 33.6 Å². The number of carboxylic acid groups (broad SMARTS) is 2. The molecule has 5 N–H and O–H groups in total. The van der Waals surface area contributed by atoms with Crippen molar-refractivity contribution in [3.8, 4) is 17.1 Å². The number of ether oxygens (including phenoxy) is 1. The van der Waals surface area contributed by atoms with Gasteiger partial charge in [0.1, 0.15) is 27.2 Å². The molecule has 0 unspecified atom stereocenters. The van der Waals surface area contributed by atoms with Gasteiger partial charge in [-0.25, -0.2) is 44.6 Å². The molecule has 6 aromatic rings. The van der Waals surface area contributed by atoms with Crippen molar-refractivity contribution in [3.63, 3.8) is 0 Å². The van der Waals surface area contributed by atoms with E-state index in [4.69, 9.17) is 4.74 Å². The van der Waals surface area contributed by atoms with Crippen molar-refractivity contribution in [2.24, 2.45) is 0 Å². The number of nitrogens with one attached hydrogen (secondary N) is 3. The fourth-order valence-corrected chi connectivity index (χ4v) is 7.20. The molecule has 0 atom stereocenters. The lowest BCUT2D eigenvalue weighted by atomic mass is 10.1. The predicted octanol–water partition coefficient (Wildman–Crippen LogP) is 5.13. The first-order valence-corrected chi connectivity index (χ1v) is 19.4. The molecule has 4 aromatic carbocycles. The number of halogens is 2. The highest BCUT2D eigenvalue weighted by atomic mass is 32.2. The fourth-order valence-electron chi connectivity index (χ4n) is 5.18. The molecule has 2 aromatic heterocycles. The maximum absolute atomic E-state index is 13.3. The molecular formula is C36H29F2N7O10S2. The van der Waals surface area contributed by atoms with Crippen LogP contribution in [0.25, 0.3) is 11.4 Å². The lowest BCUT2D eigenvalue weighted by Gasteiger charge is -2.13. The van der Waals surface area contributed by atoms with E-state index in [-0.39, 0.29) is 52.1 Å². The molecule has 2 heterocycles. The van der Waals surface area contributed by atoms with Crippen LogP contribution in [0.3, 0.4) is 0 Å². The lowest BCUT2D eigenvalue weighted by molar-refractivity contribution is -0.116. The van der Waals surface area contributed by atoms with E-state index in [1.54, 1.807) is 0 Å². The van der Waals surface area contributed by atoms with E-state index in [9.17, 15) is 50.2 Å². The minimum atomic E-state index is -4.32. The van der Waals surface area contributed by atoms with Crippen molar-refractivity contribution >= 4 is 55.0 Å². The third kappa shape index (κ3) is 9.58. The van der Waals surface area contributed by atoms with Crippen LogP contribution in [-0.4, -0.2) is 71.1 Å². The Morgan fingerprint density at radius 2 is 1.14 bits per heavy atom. The molecule has 0 aliphatic carbocycles. The molecule has 6 rings (SSSR count). The number of rotatable bonds is 16. The number of anilines is 3. The van der Waals surface area contributed by atoms with Crippen molar-refractivity contribution in [1.29, 1.82) is 0 Å². The number of carbonyl (C=O) groups excluding carboxylic acids is 1. The van der Waals surface area contributed by atoms with Crippen molar-refractivity contribution in [2.45, 2.75) is 22.6 Å². The third-order valence-corrected chi connectivity index (χ3v) is 10.6. The van der Waals surface area contributed by atoms with Gasteiger partial charge in [0.2, 0.25) is 5.91 Å². The summed E-state index contributed by atoms with van der Waals surface area (Å²) < 4.78 is 91.1. The van der Waals surface area contributed by atoms with E-state index in [0.717, 1.165) is 36.8 Å². The van der Waals surface area contributed by atoms with Crippen molar-refractivity contribution in [2.75, 3.05) is 21.4 Å². The van der Waals surface area contributed by atoms with Crippen molar-refractivity contribution in [1.82, 2.24) is 19.6 Å². The molecule has 0 radical (unpaired) electrons. The second-order valence-corrected chi connectivity index (χ2v) is 15.3. The second-order valence-electron chi connectivity index (χ2n) is 12.0. The molecule has 21 heteroatoms. The number of hydrogen-bond acceptors (Lipinski definition) is 10. The summed E-state index contributed by atoms with van der Waals surface area (Å²) in [4.78, 5) is 36.1. The number of nitrogens with zero attached hydrogens (tertiary/aromatic N) is 4. The molecule has 0 spiro atoms. The van der Waals surface area contributed by atoms with E-state index < -0.39 is 60.7 Å². The highest BCUT2D eigenvalue weighted by Crippen LogP contribution is 2.27. The summed E-state index contributed by atoms with van der Waals surface area (Å²) in [5.74, 6) is -4.42. The smallest absolute Gasteiger partial charge is 0.337 e. The number of aromatic nitrogens is 4. The van der Waals surface area contributed by atoms with E-state index in [0.29, 0.717) is 11.4 Å². The van der Waals surface area contributed by atoms with Crippen LogP contribution in [0.2, 0.25) is 0 Å². The Bertz CT molecular complexity index is 2700. The number of amides is 1. The van der Waals surface area contributed by atoms with E-state index in [1.165, 1.54) is 82.3 Å². The fraction of sp³-hybridized carbons (Fsp3) is 0.0833. The molecule has 17 nitrogen and oxygen atoms in total. The van der Waals surface area contributed by atoms with Crippen LogP contribution in [-0.2, 0) is 24.8 Å². The summed E-state index contributed by atoms with van der Waals surface area (Å²) in [7, 11) is -8.63. The zero-order chi connectivity index (χ0) is 40.9. The number of sulfonamides is 2. The van der Waals surface area contributed by atoms with Crippen LogP contribution in [0, 0.1) is 11.6 Å². The largest absolute Gasteiger partial charge is 0.494 e. The van der Waals surface area contributed by atoms with E-state index in [2.05, 4.69) is 25.0 Å². The van der Waals surface area contributed by atoms with Crippen LogP contribution in [0.4, 0.5) is 25.8 Å². The molecule has 1 amide bonds. The summed E-state index contributed by atoms with van der Waals surface area (Å²) in [6.07, 6.45) is 4.42. The Hall–Kier alpha value is -7.13. The quantitative estimate of drug-likeness (QED) is 0.0799. The van der Waals surface area contributed by atoms with Gasteiger partial charge in [-0.1, -0.05) is 0 Å². The van der Waals surface area contributed by atoms with Crippen LogP contribution < -0.4 is 19.5 Å². The van der Waals surface area contributed by atoms with Crippen molar-refractivity contribution in [3.05, 3.63) is 132 Å². The Kier molecular flexibility index (Phi) is 11.3. The number of hydrogen-bond donors (Lipinski definition) is 5. The normalized spacial score (nSPS) is 11.5. The van der Waals surface area contributed by atoms with Gasteiger partial charge in [-0.2, -0.15) is 10.2 Å². The van der Waals surface area contributed by atoms with Crippen LogP contribution in [0.15, 0.2) is 120 Å². The van der Waals surface area contributed by atoms with Crippen LogP contribution in [0.5, 0.6) is 5.75 Å². The zero-order valence-corrected chi connectivity index (χ0v) is 30.7. The molecule has 0 bridgehead atoms. The Labute approximate surface area is 322 Å². The molecule has 0 saturated carbocycles. The molecule has 0 saturated heterocycles. The van der Waals surface area contributed by atoms with Gasteiger partial charge in [-0.15, -0.1) is 0 Å². The third-order valence-electron chi connectivity index (χ3n) is 7.98. The van der Waals surface area contributed by atoms with Gasteiger partial charge < -0.3 is 20.3 Å². The maximum atomic E-state index is 13.3. The topological polar surface area (TPSA) is 241 Å². The lowest BCUT2D eigenvalue weighted by Crippen LogP contribution is -2.17. The monoisotopic (exact) mass is 821 g/mol. The van der Waals surface area contributed by atoms with Gasteiger partial charge in [0.15, 0.2) is 0 Å². The average Bonchev–Trinajstić information content (AvgIpc) is 3.87. The van der Waals surface area contributed by atoms with Crippen molar-refractivity contribution < 1.29 is 54.9 Å². The molecule has 0 aliphatic rings. The standard InChI is InChI=1S/C36H29F2N7O10S2/c37-22-3-8-25(9-4-22)44-20-28(18-39-44)56(51,52)42-32-13-7-24(16-30(32)35(47)48)41-34(46)2-1-15-55-27-12-14-33(31(17-27)36(49)50)43-57(53,54)29-19-40-45(21-29)26-10-5-23(38)6-11-26/h3-14,16-21,42-43H,1-2,15H2,(H,41,46)(H,47,48)(H,49,50). The molecular weight excluding hydrogens is 793 g/mol. The average molecular weight is 822 g/mol. The van der Waals surface area contributed by atoms with Gasteiger partial charge >= 0.3 is 11.9 Å². The van der Waals surface area contributed by atoms with Gasteiger partial charge in [0.25, 0.3) is 20.0 Å². The van der Waals surface area contributed by atoms with E-state index >= 15 is 0 Å². The summed E-state index contributed by atoms with van der Waals surface area (Å²) in [6, 6.07) is 17.4. The van der Waals surface area contributed by atoms with E-state index in [1.807, 2.05) is 0 Å². The first-order chi connectivity index (χ1) is 27.1. The SMILES string of the molecule is O=C(CCCOc1ccc(NS(=O)(=O)c2cnn(-c3ccc(F)cc3)c2)c(C(=O)O)c1)Nc1ccc(NS(=O)(=O)c2cnn(-c3ccc(F)cc3)c2)c(C(=O)O)c1. The minimum Gasteiger partial charge on any atom is -0.494 e. The predicted molar refractivity (Wildman–Crippen MR) is 199 cm³/mol.